The van der Waals surface area contributed by atoms with E-state index >= 15 is 0 Å². The molecule has 15 heavy (non-hydrogen) atoms. The number of carbonyl (C=O) groups excluding carboxylic acids is 1. The van der Waals surface area contributed by atoms with E-state index in [0.717, 1.165) is 11.8 Å². The molecule has 0 saturated heterocycles. The number of aromatic nitrogens is 2. The first-order valence-electron chi connectivity index (χ1n) is 4.32. The van der Waals surface area contributed by atoms with Crippen LogP contribution < -0.4 is 0 Å². The first kappa shape index (κ1) is 9.45. The Morgan fingerprint density at radius 3 is 2.67 bits per heavy atom. The van der Waals surface area contributed by atoms with Gasteiger partial charge in [-0.3, -0.25) is 14.8 Å². The molecule has 0 N–H and O–H groups in total. The van der Waals surface area contributed by atoms with Gasteiger partial charge in [-0.1, -0.05) is 0 Å². The van der Waals surface area contributed by atoms with Gasteiger partial charge >= 0.3 is 0 Å². The SMILES string of the molecule is O=Cc1cc(-c2ccncc2)ncc1F. The van der Waals surface area contributed by atoms with Crippen LogP contribution in [0.3, 0.4) is 0 Å². The van der Waals surface area contributed by atoms with Gasteiger partial charge in [0.2, 0.25) is 0 Å². The van der Waals surface area contributed by atoms with E-state index in [0.29, 0.717) is 12.0 Å². The lowest BCUT2D eigenvalue weighted by atomic mass is 10.1. The summed E-state index contributed by atoms with van der Waals surface area (Å²) in [7, 11) is 0. The Hall–Kier alpha value is -2.10. The second kappa shape index (κ2) is 3.96. The minimum absolute atomic E-state index is 0.0109. The smallest absolute Gasteiger partial charge is 0.153 e. The summed E-state index contributed by atoms with van der Waals surface area (Å²) in [5.41, 5.74) is 1.37. The lowest BCUT2D eigenvalue weighted by Gasteiger charge is -2.01. The minimum Gasteiger partial charge on any atom is -0.298 e. The highest BCUT2D eigenvalue weighted by Crippen LogP contribution is 2.17. The molecule has 0 bridgehead atoms. The number of carbonyl (C=O) groups is 1. The molecule has 0 aromatic carbocycles. The monoisotopic (exact) mass is 202 g/mol. The number of hydrogen-bond acceptors (Lipinski definition) is 3. The molecule has 0 unspecified atom stereocenters. The predicted octanol–water partition coefficient (Wildman–Crippen LogP) is 2.10. The van der Waals surface area contributed by atoms with E-state index in [1.807, 2.05) is 0 Å². The summed E-state index contributed by atoms with van der Waals surface area (Å²) in [6.45, 7) is 0. The third-order valence-electron chi connectivity index (χ3n) is 1.99. The molecule has 0 fully saturated rings. The second-order valence-corrected chi connectivity index (χ2v) is 2.94. The topological polar surface area (TPSA) is 42.9 Å². The standard InChI is InChI=1S/C11H7FN2O/c12-10-6-14-11(5-9(10)7-15)8-1-3-13-4-2-8/h1-7H. The molecular formula is C11H7FN2O. The van der Waals surface area contributed by atoms with Gasteiger partial charge < -0.3 is 0 Å². The van der Waals surface area contributed by atoms with Crippen LogP contribution in [-0.4, -0.2) is 16.3 Å². The van der Waals surface area contributed by atoms with Crippen LogP contribution in [0.2, 0.25) is 0 Å². The van der Waals surface area contributed by atoms with Gasteiger partial charge in [0.25, 0.3) is 0 Å². The molecule has 0 radical (unpaired) electrons. The van der Waals surface area contributed by atoms with Gasteiger partial charge in [-0.25, -0.2) is 4.39 Å². The third kappa shape index (κ3) is 1.88. The number of rotatable bonds is 2. The van der Waals surface area contributed by atoms with Crippen LogP contribution in [0.25, 0.3) is 11.3 Å². The van der Waals surface area contributed by atoms with Crippen molar-refractivity contribution in [1.82, 2.24) is 9.97 Å². The van der Waals surface area contributed by atoms with Crippen LogP contribution in [0.5, 0.6) is 0 Å². The summed E-state index contributed by atoms with van der Waals surface area (Å²) >= 11 is 0. The van der Waals surface area contributed by atoms with Crippen molar-refractivity contribution in [3.05, 3.63) is 48.2 Å². The Balaban J connectivity index is 2.51. The fourth-order valence-corrected chi connectivity index (χ4v) is 1.23. The van der Waals surface area contributed by atoms with Crippen LogP contribution in [0.4, 0.5) is 4.39 Å². The third-order valence-corrected chi connectivity index (χ3v) is 1.99. The normalized spacial score (nSPS) is 9.93. The molecule has 0 atom stereocenters. The lowest BCUT2D eigenvalue weighted by Crippen LogP contribution is -1.92. The second-order valence-electron chi connectivity index (χ2n) is 2.94. The Bertz CT molecular complexity index is 485. The number of nitrogens with zero attached hydrogens (tertiary/aromatic N) is 2. The van der Waals surface area contributed by atoms with Crippen molar-refractivity contribution in [2.24, 2.45) is 0 Å². The first-order chi connectivity index (χ1) is 7.31. The fourth-order valence-electron chi connectivity index (χ4n) is 1.23. The van der Waals surface area contributed by atoms with Gasteiger partial charge in [0, 0.05) is 18.0 Å². The Morgan fingerprint density at radius 2 is 2.00 bits per heavy atom. The highest BCUT2D eigenvalue weighted by Gasteiger charge is 2.05. The van der Waals surface area contributed by atoms with E-state index in [-0.39, 0.29) is 5.56 Å². The van der Waals surface area contributed by atoms with Crippen LogP contribution in [0, 0.1) is 5.82 Å². The van der Waals surface area contributed by atoms with E-state index < -0.39 is 5.82 Å². The molecule has 74 valence electrons. The molecule has 2 heterocycles. The van der Waals surface area contributed by atoms with Crippen LogP contribution >= 0.6 is 0 Å². The molecular weight excluding hydrogens is 195 g/mol. The molecule has 0 saturated carbocycles. The molecule has 2 aromatic heterocycles. The summed E-state index contributed by atoms with van der Waals surface area (Å²) < 4.78 is 13.0. The molecule has 4 heteroatoms. The van der Waals surface area contributed by atoms with E-state index in [1.54, 1.807) is 24.5 Å². The molecule has 0 aliphatic rings. The summed E-state index contributed by atoms with van der Waals surface area (Å²) in [6, 6.07) is 4.90. The van der Waals surface area contributed by atoms with E-state index in [9.17, 15) is 9.18 Å². The van der Waals surface area contributed by atoms with Gasteiger partial charge in [-0.05, 0) is 18.2 Å². The molecule has 2 aromatic rings. The quantitative estimate of drug-likeness (QED) is 0.700. The van der Waals surface area contributed by atoms with Crippen molar-refractivity contribution in [1.29, 1.82) is 0 Å². The number of aldehydes is 1. The first-order valence-corrected chi connectivity index (χ1v) is 4.32. The maximum Gasteiger partial charge on any atom is 0.153 e. The average molecular weight is 202 g/mol. The van der Waals surface area contributed by atoms with Crippen molar-refractivity contribution >= 4 is 6.29 Å². The molecule has 0 aliphatic heterocycles. The molecule has 0 amide bonds. The van der Waals surface area contributed by atoms with Crippen molar-refractivity contribution in [3.8, 4) is 11.3 Å². The summed E-state index contributed by atoms with van der Waals surface area (Å²) in [5, 5.41) is 0. The molecule has 3 nitrogen and oxygen atoms in total. The maximum atomic E-state index is 13.0. The Morgan fingerprint density at radius 1 is 1.27 bits per heavy atom. The highest BCUT2D eigenvalue weighted by atomic mass is 19.1. The molecule has 0 spiro atoms. The maximum absolute atomic E-state index is 13.0. The zero-order valence-electron chi connectivity index (χ0n) is 7.72. The van der Waals surface area contributed by atoms with E-state index in [4.69, 9.17) is 0 Å². The molecule has 0 aliphatic carbocycles. The van der Waals surface area contributed by atoms with Crippen molar-refractivity contribution in [3.63, 3.8) is 0 Å². The van der Waals surface area contributed by atoms with Gasteiger partial charge in [-0.2, -0.15) is 0 Å². The predicted molar refractivity (Wildman–Crippen MR) is 52.8 cm³/mol. The number of halogens is 1. The van der Waals surface area contributed by atoms with Gasteiger partial charge in [-0.15, -0.1) is 0 Å². The summed E-state index contributed by atoms with van der Waals surface area (Å²) in [5.74, 6) is -0.609. The van der Waals surface area contributed by atoms with Crippen molar-refractivity contribution in [2.45, 2.75) is 0 Å². The van der Waals surface area contributed by atoms with Crippen LogP contribution in [0.1, 0.15) is 10.4 Å². The van der Waals surface area contributed by atoms with Crippen LogP contribution in [0.15, 0.2) is 36.8 Å². The van der Waals surface area contributed by atoms with Crippen molar-refractivity contribution < 1.29 is 9.18 Å². The lowest BCUT2D eigenvalue weighted by molar-refractivity contribution is 0.111. The number of hydrogen-bond donors (Lipinski definition) is 0. The fraction of sp³-hybridized carbons (Fsp3) is 0. The average Bonchev–Trinajstić information content (AvgIpc) is 2.31. The van der Waals surface area contributed by atoms with Crippen LogP contribution in [-0.2, 0) is 0 Å². The van der Waals surface area contributed by atoms with E-state index in [2.05, 4.69) is 9.97 Å². The van der Waals surface area contributed by atoms with Gasteiger partial charge in [0.05, 0.1) is 17.5 Å². The van der Waals surface area contributed by atoms with E-state index in [1.165, 1.54) is 6.07 Å². The van der Waals surface area contributed by atoms with Gasteiger partial charge in [0.15, 0.2) is 12.1 Å². The Labute approximate surface area is 85.6 Å². The number of pyridine rings is 2. The zero-order valence-corrected chi connectivity index (χ0v) is 7.72. The zero-order chi connectivity index (χ0) is 10.7. The summed E-state index contributed by atoms with van der Waals surface area (Å²) in [6.07, 6.45) is 4.74. The van der Waals surface area contributed by atoms with Gasteiger partial charge in [0.1, 0.15) is 0 Å². The Kier molecular flexibility index (Phi) is 2.49. The highest BCUT2D eigenvalue weighted by molar-refractivity contribution is 5.77. The van der Waals surface area contributed by atoms with Crippen molar-refractivity contribution in [2.75, 3.05) is 0 Å². The summed E-state index contributed by atoms with van der Waals surface area (Å²) in [4.78, 5) is 18.3. The molecule has 2 rings (SSSR count). The minimum atomic E-state index is -0.609. The largest absolute Gasteiger partial charge is 0.298 e.